The van der Waals surface area contributed by atoms with E-state index < -0.39 is 0 Å². The van der Waals surface area contributed by atoms with Gasteiger partial charge in [-0.15, -0.1) is 0 Å². The first-order valence-electron chi connectivity index (χ1n) is 11.1. The molecule has 1 N–H and O–H groups in total. The van der Waals surface area contributed by atoms with Gasteiger partial charge in [0.1, 0.15) is 12.1 Å². The summed E-state index contributed by atoms with van der Waals surface area (Å²) in [5.74, 6) is 1.63. The number of hydrogen-bond acceptors (Lipinski definition) is 4. The minimum atomic E-state index is 0.726. The van der Waals surface area contributed by atoms with Crippen molar-refractivity contribution in [3.63, 3.8) is 0 Å². The maximum atomic E-state index is 5.50. The average molecular weight is 413 g/mol. The summed E-state index contributed by atoms with van der Waals surface area (Å²) >= 11 is 0. The fourth-order valence-corrected chi connectivity index (χ4v) is 4.44. The van der Waals surface area contributed by atoms with Crippen molar-refractivity contribution in [3.8, 4) is 16.8 Å². The summed E-state index contributed by atoms with van der Waals surface area (Å²) in [4.78, 5) is 9.33. The summed E-state index contributed by atoms with van der Waals surface area (Å²) in [6, 6.07) is 19.0. The highest BCUT2D eigenvalue weighted by Crippen LogP contribution is 2.35. The molecular weight excluding hydrogens is 384 g/mol. The molecular formula is C26H28N4O. The first-order valence-corrected chi connectivity index (χ1v) is 11.1. The van der Waals surface area contributed by atoms with Crippen LogP contribution in [0.1, 0.15) is 24.8 Å². The normalized spacial score (nSPS) is 14.7. The van der Waals surface area contributed by atoms with Gasteiger partial charge in [-0.1, -0.05) is 42.5 Å². The highest BCUT2D eigenvalue weighted by molar-refractivity contribution is 6.02. The lowest BCUT2D eigenvalue weighted by molar-refractivity contribution is 0.0649. The second-order valence-electron chi connectivity index (χ2n) is 8.31. The minimum Gasteiger partial charge on any atom is -0.381 e. The van der Waals surface area contributed by atoms with Crippen LogP contribution in [0.5, 0.6) is 0 Å². The maximum Gasteiger partial charge on any atom is 0.150 e. The third-order valence-corrected chi connectivity index (χ3v) is 6.13. The van der Waals surface area contributed by atoms with Crippen LogP contribution in [0.15, 0.2) is 67.1 Å². The predicted octanol–water partition coefficient (Wildman–Crippen LogP) is 5.62. The number of rotatable bonds is 6. The summed E-state index contributed by atoms with van der Waals surface area (Å²) in [5, 5.41) is 4.69. The predicted molar refractivity (Wildman–Crippen MR) is 126 cm³/mol. The van der Waals surface area contributed by atoms with Crippen molar-refractivity contribution in [2.24, 2.45) is 5.92 Å². The molecule has 1 fully saturated rings. The average Bonchev–Trinajstić information content (AvgIpc) is 3.21. The molecule has 2 aromatic heterocycles. The largest absolute Gasteiger partial charge is 0.381 e. The van der Waals surface area contributed by atoms with E-state index in [1.807, 2.05) is 6.07 Å². The lowest BCUT2D eigenvalue weighted by atomic mass is 9.97. The van der Waals surface area contributed by atoms with Crippen molar-refractivity contribution in [1.82, 2.24) is 14.5 Å². The van der Waals surface area contributed by atoms with Gasteiger partial charge in [-0.05, 0) is 55.4 Å². The number of nitrogens with zero attached hydrogens (tertiary/aromatic N) is 3. The van der Waals surface area contributed by atoms with Crippen LogP contribution in [0.2, 0.25) is 0 Å². The lowest BCUT2D eigenvalue weighted by Gasteiger charge is -2.22. The van der Waals surface area contributed by atoms with Crippen molar-refractivity contribution in [3.05, 3.63) is 72.7 Å². The van der Waals surface area contributed by atoms with Crippen molar-refractivity contribution >= 4 is 16.9 Å². The molecule has 0 amide bonds. The van der Waals surface area contributed by atoms with Crippen LogP contribution in [0, 0.1) is 12.8 Å². The topological polar surface area (TPSA) is 52.0 Å². The highest BCUT2D eigenvalue weighted by Gasteiger charge is 2.18. The molecule has 5 nitrogen and oxygen atoms in total. The maximum absolute atomic E-state index is 5.50. The van der Waals surface area contributed by atoms with Gasteiger partial charge in [-0.2, -0.15) is 0 Å². The Balaban J connectivity index is 1.55. The zero-order valence-electron chi connectivity index (χ0n) is 17.9. The van der Waals surface area contributed by atoms with E-state index >= 15 is 0 Å². The molecule has 2 aromatic carbocycles. The van der Waals surface area contributed by atoms with Gasteiger partial charge in [-0.25, -0.2) is 9.97 Å². The zero-order valence-corrected chi connectivity index (χ0v) is 17.9. The number of hydrogen-bond donors (Lipinski definition) is 1. The molecule has 1 aliphatic heterocycles. The minimum absolute atomic E-state index is 0.726. The summed E-state index contributed by atoms with van der Waals surface area (Å²) < 4.78 is 7.67. The van der Waals surface area contributed by atoms with E-state index in [9.17, 15) is 0 Å². The fourth-order valence-electron chi connectivity index (χ4n) is 4.44. The zero-order chi connectivity index (χ0) is 21.0. The quantitative estimate of drug-likeness (QED) is 0.446. The van der Waals surface area contributed by atoms with E-state index in [0.29, 0.717) is 0 Å². The monoisotopic (exact) mass is 412 g/mol. The molecule has 0 bridgehead atoms. The molecule has 158 valence electrons. The number of ether oxygens (including phenoxy) is 1. The van der Waals surface area contributed by atoms with E-state index in [1.54, 1.807) is 6.33 Å². The molecule has 0 radical (unpaired) electrons. The van der Waals surface area contributed by atoms with Gasteiger partial charge in [0.05, 0.1) is 5.39 Å². The number of aromatic nitrogens is 3. The summed E-state index contributed by atoms with van der Waals surface area (Å²) in [7, 11) is 0. The number of benzene rings is 2. The van der Waals surface area contributed by atoms with Gasteiger partial charge in [0.15, 0.2) is 5.65 Å². The van der Waals surface area contributed by atoms with Crippen molar-refractivity contribution in [2.75, 3.05) is 25.1 Å². The molecule has 3 heterocycles. The Labute approximate surface area is 183 Å². The van der Waals surface area contributed by atoms with E-state index in [1.165, 1.54) is 11.1 Å². The van der Waals surface area contributed by atoms with Crippen LogP contribution in [0.25, 0.3) is 27.8 Å². The summed E-state index contributed by atoms with van der Waals surface area (Å²) in [6.07, 6.45) is 7.29. The molecule has 0 atom stereocenters. The Morgan fingerprint density at radius 3 is 2.68 bits per heavy atom. The molecule has 31 heavy (non-hydrogen) atoms. The summed E-state index contributed by atoms with van der Waals surface area (Å²) in [5.41, 5.74) is 5.57. The molecule has 0 saturated carbocycles. The van der Waals surface area contributed by atoms with Crippen molar-refractivity contribution in [1.29, 1.82) is 0 Å². The van der Waals surface area contributed by atoms with Crippen molar-refractivity contribution < 1.29 is 4.74 Å². The van der Waals surface area contributed by atoms with Crippen LogP contribution < -0.4 is 5.32 Å². The standard InChI is InChI=1S/C26H28N4O/c1-19-6-5-9-22(16-19)30-17-23(21-7-3-2-4-8-21)24-25(28-18-29-26(24)30)27-13-10-20-11-14-31-15-12-20/h2-9,16-18,20H,10-15H2,1H3,(H,27,28,29). The molecule has 0 aliphatic carbocycles. The molecule has 1 aliphatic rings. The van der Waals surface area contributed by atoms with Crippen LogP contribution >= 0.6 is 0 Å². The Morgan fingerprint density at radius 1 is 1.03 bits per heavy atom. The van der Waals surface area contributed by atoms with Crippen LogP contribution in [-0.2, 0) is 4.74 Å². The second kappa shape index (κ2) is 8.90. The smallest absolute Gasteiger partial charge is 0.150 e. The third kappa shape index (κ3) is 4.19. The second-order valence-corrected chi connectivity index (χ2v) is 8.31. The van der Waals surface area contributed by atoms with Gasteiger partial charge in [0.25, 0.3) is 0 Å². The van der Waals surface area contributed by atoms with Gasteiger partial charge in [0.2, 0.25) is 0 Å². The molecule has 1 saturated heterocycles. The number of fused-ring (bicyclic) bond motifs is 1. The molecule has 0 spiro atoms. The Bertz CT molecular complexity index is 1160. The number of aryl methyl sites for hydroxylation is 1. The molecule has 0 unspecified atom stereocenters. The molecule has 4 aromatic rings. The lowest BCUT2D eigenvalue weighted by Crippen LogP contribution is -2.18. The van der Waals surface area contributed by atoms with Crippen LogP contribution in [0.4, 0.5) is 5.82 Å². The van der Waals surface area contributed by atoms with Gasteiger partial charge >= 0.3 is 0 Å². The number of nitrogens with one attached hydrogen (secondary N) is 1. The first kappa shape index (κ1) is 19.8. The fraction of sp³-hybridized carbons (Fsp3) is 0.308. The van der Waals surface area contributed by atoms with E-state index in [0.717, 1.165) is 73.0 Å². The first-order chi connectivity index (χ1) is 15.3. The third-order valence-electron chi connectivity index (χ3n) is 6.13. The van der Waals surface area contributed by atoms with Gasteiger partial charge < -0.3 is 14.6 Å². The van der Waals surface area contributed by atoms with Crippen molar-refractivity contribution in [2.45, 2.75) is 26.2 Å². The highest BCUT2D eigenvalue weighted by atomic mass is 16.5. The van der Waals surface area contributed by atoms with Gasteiger partial charge in [0, 0.05) is 37.2 Å². The van der Waals surface area contributed by atoms with Crippen LogP contribution in [0.3, 0.4) is 0 Å². The van der Waals surface area contributed by atoms with Crippen LogP contribution in [-0.4, -0.2) is 34.3 Å². The van der Waals surface area contributed by atoms with E-state index in [2.05, 4.69) is 81.5 Å². The molecule has 5 rings (SSSR count). The van der Waals surface area contributed by atoms with Gasteiger partial charge in [-0.3, -0.25) is 0 Å². The SMILES string of the molecule is Cc1cccc(-n2cc(-c3ccccc3)c3c(NCCC4CCOCC4)ncnc32)c1. The number of anilines is 1. The summed E-state index contributed by atoms with van der Waals surface area (Å²) in [6.45, 7) is 4.80. The van der Waals surface area contributed by atoms with E-state index in [-0.39, 0.29) is 0 Å². The molecule has 5 heteroatoms. The Kier molecular flexibility index (Phi) is 5.67. The Morgan fingerprint density at radius 2 is 1.87 bits per heavy atom. The Hall–Kier alpha value is -3.18. The van der Waals surface area contributed by atoms with E-state index in [4.69, 9.17) is 4.74 Å².